The molecule has 1 unspecified atom stereocenters. The van der Waals surface area contributed by atoms with Crippen LogP contribution in [0.2, 0.25) is 0 Å². The van der Waals surface area contributed by atoms with E-state index in [0.717, 1.165) is 17.1 Å². The van der Waals surface area contributed by atoms with Crippen molar-refractivity contribution in [3.05, 3.63) is 297 Å². The van der Waals surface area contributed by atoms with Crippen molar-refractivity contribution >= 4 is 118 Å². The molecule has 3 heterocycles. The highest BCUT2D eigenvalue weighted by molar-refractivity contribution is 7.15. The molecule has 0 aliphatic rings. The molecular formula is C79H60N3P. The van der Waals surface area contributed by atoms with E-state index in [0.29, 0.717) is 6.64 Å². The molecule has 0 saturated carbocycles. The van der Waals surface area contributed by atoms with E-state index in [-0.39, 0.29) is 7.43 Å². The molecule has 0 aliphatic carbocycles. The number of para-hydroxylation sites is 6. The van der Waals surface area contributed by atoms with Crippen LogP contribution in [0.15, 0.2) is 291 Å². The van der Waals surface area contributed by atoms with Crippen molar-refractivity contribution in [1.29, 1.82) is 0 Å². The molecule has 3 aromatic heterocycles. The van der Waals surface area contributed by atoms with Gasteiger partial charge in [-0.25, -0.2) is 0 Å². The summed E-state index contributed by atoms with van der Waals surface area (Å²) in [5.74, 6) is 0. The largest absolute Gasteiger partial charge is 0.309 e. The molecule has 0 aliphatic heterocycles. The molecule has 0 amide bonds. The summed E-state index contributed by atoms with van der Waals surface area (Å²) < 4.78 is 13.5. The minimum absolute atomic E-state index is 0. The molecular weight excluding hydrogens is 1020 g/mol. The Bertz CT molecular complexity index is 4900. The maximum atomic E-state index is 6.17. The summed E-state index contributed by atoms with van der Waals surface area (Å²) >= 11 is 0. The number of hydrogen-bond acceptors (Lipinski definition) is 0. The minimum Gasteiger partial charge on any atom is -0.309 e. The molecule has 0 spiro atoms. The van der Waals surface area contributed by atoms with Crippen molar-refractivity contribution < 1.29 is 1.37 Å². The van der Waals surface area contributed by atoms with Gasteiger partial charge in [-0.1, -0.05) is 244 Å². The van der Waals surface area contributed by atoms with E-state index in [9.17, 15) is 0 Å². The van der Waals surface area contributed by atoms with E-state index < -0.39 is 0 Å². The molecule has 17 rings (SSSR count). The average Bonchev–Trinajstić information content (AvgIpc) is 2.36. The average molecular weight is 1080 g/mol. The Morgan fingerprint density at radius 3 is 0.867 bits per heavy atom. The van der Waals surface area contributed by atoms with Gasteiger partial charge in [-0.2, -0.15) is 0 Å². The minimum atomic E-state index is 0. The van der Waals surface area contributed by atoms with Crippen LogP contribution < -0.4 is 0 Å². The second-order valence-corrected chi connectivity index (χ2v) is 21.3. The number of benzene rings is 14. The van der Waals surface area contributed by atoms with Crippen molar-refractivity contribution in [2.75, 3.05) is 6.64 Å². The lowest BCUT2D eigenvalue weighted by atomic mass is 9.84. The standard InChI is InChI=1S/C42H27N3.C35H24.CH5P.CH4/c1-7-19-37-31(13-1)32-14-2-8-20-38(32)43(37)28-25-29(44-39-21-9-3-15-33(39)34-16-4-10-22-40(34)44)27-30(26-28)45-41-23-11-5-17-35(41)36-18-6-12-24-42(36)45;1-23-14-19-32-33(20-23)35(29-18-16-25-9-3-5-11-27(25)22-29)31-13-7-6-12-30(31)34(32)28-17-15-24-8-2-4-10-26(24)21-28;1-2;/h1-27H;2-22H,1H3;2H2,1H3;1H4/i;;1T;. The third kappa shape index (κ3) is 8.46. The third-order valence-corrected chi connectivity index (χ3v) is 16.7. The second kappa shape index (κ2) is 21.1. The molecule has 14 aromatic carbocycles. The zero-order valence-electron chi connectivity index (χ0n) is 46.3. The summed E-state index contributed by atoms with van der Waals surface area (Å²) in [6.07, 6.45) is 0. The van der Waals surface area contributed by atoms with Crippen molar-refractivity contribution in [2.45, 2.75) is 14.4 Å². The normalized spacial score (nSPS) is 11.6. The Kier molecular flexibility index (Phi) is 12.7. The summed E-state index contributed by atoms with van der Waals surface area (Å²) in [6, 6.07) is 106. The van der Waals surface area contributed by atoms with Crippen LogP contribution >= 0.6 is 9.24 Å². The fourth-order valence-electron chi connectivity index (χ4n) is 13.2. The molecule has 0 bridgehead atoms. The molecule has 17 aromatic rings. The Morgan fingerprint density at radius 1 is 0.265 bits per heavy atom. The first-order valence-corrected chi connectivity index (χ1v) is 28.9. The van der Waals surface area contributed by atoms with Crippen LogP contribution in [0, 0.1) is 6.92 Å². The number of aryl methyl sites for hydroxylation is 1. The Balaban J connectivity index is 0.000000145. The first kappa shape index (κ1) is 50.0. The predicted octanol–water partition coefficient (Wildman–Crippen LogP) is 22.0. The smallest absolute Gasteiger partial charge is 0.0541 e. The van der Waals surface area contributed by atoms with Gasteiger partial charge in [-0.3, -0.25) is 0 Å². The first-order valence-electron chi connectivity index (χ1n) is 28.8. The molecule has 396 valence electrons. The van der Waals surface area contributed by atoms with Gasteiger partial charge in [0.25, 0.3) is 0 Å². The monoisotopic (exact) mass is 1080 g/mol. The lowest BCUT2D eigenvalue weighted by Crippen LogP contribution is -2.03. The Hall–Kier alpha value is -10.1. The van der Waals surface area contributed by atoms with Crippen molar-refractivity contribution in [3.8, 4) is 39.3 Å². The number of rotatable bonds is 5. The van der Waals surface area contributed by atoms with E-state index >= 15 is 0 Å². The van der Waals surface area contributed by atoms with Gasteiger partial charge in [0.1, 0.15) is 0 Å². The molecule has 0 N–H and O–H groups in total. The molecule has 1 atom stereocenters. The van der Waals surface area contributed by atoms with E-state index in [2.05, 4.69) is 321 Å². The van der Waals surface area contributed by atoms with Crippen LogP contribution in [0.25, 0.3) is 148 Å². The fraction of sp³-hybridized carbons (Fsp3) is 0.0380. The summed E-state index contributed by atoms with van der Waals surface area (Å²) in [6.45, 7) is 2.61. The highest BCUT2D eigenvalue weighted by Gasteiger charge is 2.21. The zero-order valence-corrected chi connectivity index (χ0v) is 46.5. The van der Waals surface area contributed by atoms with Gasteiger partial charge in [-0.15, -0.1) is 9.24 Å². The van der Waals surface area contributed by atoms with Gasteiger partial charge >= 0.3 is 0 Å². The molecule has 83 heavy (non-hydrogen) atoms. The van der Waals surface area contributed by atoms with Gasteiger partial charge in [0, 0.05) is 33.7 Å². The number of hydrogen-bond donors (Lipinski definition) is 0. The van der Waals surface area contributed by atoms with Crippen LogP contribution in [-0.2, 0) is 0 Å². The van der Waals surface area contributed by atoms with Crippen molar-refractivity contribution in [3.63, 3.8) is 0 Å². The van der Waals surface area contributed by atoms with Gasteiger partial charge in [0.2, 0.25) is 0 Å². The van der Waals surface area contributed by atoms with Gasteiger partial charge in [-0.05, 0) is 139 Å². The quantitative estimate of drug-likeness (QED) is 0.121. The van der Waals surface area contributed by atoms with E-state index in [1.165, 1.54) is 136 Å². The van der Waals surface area contributed by atoms with E-state index in [4.69, 9.17) is 1.37 Å². The van der Waals surface area contributed by atoms with Crippen LogP contribution in [0.3, 0.4) is 0 Å². The van der Waals surface area contributed by atoms with Gasteiger partial charge < -0.3 is 13.7 Å². The summed E-state index contributed by atoms with van der Waals surface area (Å²) in [5, 5.41) is 17.8. The predicted molar refractivity (Wildman–Crippen MR) is 364 cm³/mol. The molecule has 0 saturated heterocycles. The molecule has 3 nitrogen and oxygen atoms in total. The summed E-state index contributed by atoms with van der Waals surface area (Å²) in [7, 11) is 2.25. The molecule has 0 fully saturated rings. The first-order chi connectivity index (χ1) is 41.0. The fourth-order valence-corrected chi connectivity index (χ4v) is 13.2. The van der Waals surface area contributed by atoms with E-state index in [1.54, 1.807) is 0 Å². The van der Waals surface area contributed by atoms with Gasteiger partial charge in [0.15, 0.2) is 0 Å². The van der Waals surface area contributed by atoms with Crippen LogP contribution in [-0.4, -0.2) is 20.3 Å². The Labute approximate surface area is 487 Å². The number of aromatic nitrogens is 3. The SMILES string of the molecule is C.Cc1ccc2c(-c3ccc4ccccc4c3)c3ccccc3c(-c3ccc4ccccc4c3)c2c1.[3H]CP.c1ccc2c(c1)c1ccccc1n2-c1cc(-n2c3ccccc3c3ccccc32)cc(-n2c3ccccc3c3ccccc32)c1. The molecule has 4 heteroatoms. The highest BCUT2D eigenvalue weighted by atomic mass is 31.0. The van der Waals surface area contributed by atoms with Crippen LogP contribution in [0.5, 0.6) is 0 Å². The van der Waals surface area contributed by atoms with Crippen molar-refractivity contribution in [2.24, 2.45) is 0 Å². The summed E-state index contributed by atoms with van der Waals surface area (Å²) in [5.41, 5.74) is 17.0. The molecule has 0 radical (unpaired) electrons. The van der Waals surface area contributed by atoms with Crippen molar-refractivity contribution in [1.82, 2.24) is 13.7 Å². The zero-order chi connectivity index (χ0) is 55.5. The maximum absolute atomic E-state index is 6.17. The van der Waals surface area contributed by atoms with Crippen LogP contribution in [0.1, 0.15) is 14.4 Å². The van der Waals surface area contributed by atoms with Gasteiger partial charge in [0.05, 0.1) is 50.2 Å². The second-order valence-electron chi connectivity index (χ2n) is 21.3. The summed E-state index contributed by atoms with van der Waals surface area (Å²) in [4.78, 5) is 0. The number of fused-ring (bicyclic) bond motifs is 13. The van der Waals surface area contributed by atoms with Crippen LogP contribution in [0.4, 0.5) is 0 Å². The lowest BCUT2D eigenvalue weighted by molar-refractivity contribution is 1.10. The highest BCUT2D eigenvalue weighted by Crippen LogP contribution is 2.46. The van der Waals surface area contributed by atoms with E-state index in [1.807, 2.05) is 0 Å². The Morgan fingerprint density at radius 2 is 0.530 bits per heavy atom. The topological polar surface area (TPSA) is 14.8 Å². The lowest BCUT2D eigenvalue weighted by Gasteiger charge is -2.19. The number of nitrogens with zero attached hydrogens (tertiary/aromatic N) is 3. The maximum Gasteiger partial charge on any atom is 0.0541 e. The third-order valence-electron chi connectivity index (χ3n) is 16.7.